The Morgan fingerprint density at radius 2 is 1.94 bits per heavy atom. The van der Waals surface area contributed by atoms with Gasteiger partial charge in [0.15, 0.2) is 9.84 Å². The third kappa shape index (κ3) is 3.07. The Morgan fingerprint density at radius 3 is 2.39 bits per heavy atom. The number of sulfone groups is 1. The first-order valence-corrected chi connectivity index (χ1v) is 7.15. The van der Waals surface area contributed by atoms with Gasteiger partial charge in [0.05, 0.1) is 5.41 Å². The maximum Gasteiger partial charge on any atom is 0.309 e. The maximum atomic E-state index is 14.0. The number of hydrogen-bond donors (Lipinski definition) is 1. The van der Waals surface area contributed by atoms with Gasteiger partial charge >= 0.3 is 5.97 Å². The average molecular weight is 274 g/mol. The fourth-order valence-corrected chi connectivity index (χ4v) is 2.31. The quantitative estimate of drug-likeness (QED) is 0.910. The fourth-order valence-electron chi connectivity index (χ4n) is 1.53. The predicted octanol–water partition coefficient (Wildman–Crippen LogP) is 1.88. The third-order valence-electron chi connectivity index (χ3n) is 2.65. The molecule has 1 aromatic rings. The second-order valence-corrected chi connectivity index (χ2v) is 6.85. The van der Waals surface area contributed by atoms with Crippen molar-refractivity contribution in [3.8, 4) is 0 Å². The lowest BCUT2D eigenvalue weighted by atomic mass is 9.86. The average Bonchev–Trinajstić information content (AvgIpc) is 2.18. The summed E-state index contributed by atoms with van der Waals surface area (Å²) in [6.07, 6.45) is 0.842. The smallest absolute Gasteiger partial charge is 0.309 e. The first kappa shape index (κ1) is 14.6. The van der Waals surface area contributed by atoms with Crippen LogP contribution in [0.25, 0.3) is 0 Å². The second-order valence-electron chi connectivity index (χ2n) is 4.87. The van der Waals surface area contributed by atoms with E-state index in [1.807, 2.05) is 0 Å². The Kier molecular flexibility index (Phi) is 3.81. The highest BCUT2D eigenvalue weighted by atomic mass is 32.2. The summed E-state index contributed by atoms with van der Waals surface area (Å²) in [5.74, 6) is -1.93. The molecule has 0 saturated carbocycles. The van der Waals surface area contributed by atoms with Gasteiger partial charge in [-0.25, -0.2) is 12.8 Å². The Balaban J connectivity index is 3.26. The normalized spacial score (nSPS) is 12.4. The van der Waals surface area contributed by atoms with Crippen molar-refractivity contribution in [3.05, 3.63) is 29.6 Å². The van der Waals surface area contributed by atoms with Gasteiger partial charge in [0.25, 0.3) is 0 Å². The summed E-state index contributed by atoms with van der Waals surface area (Å²) in [7, 11) is -3.65. The van der Waals surface area contributed by atoms with Gasteiger partial charge in [-0.15, -0.1) is 0 Å². The molecule has 0 atom stereocenters. The summed E-state index contributed by atoms with van der Waals surface area (Å²) in [6.45, 7) is 2.92. The van der Waals surface area contributed by atoms with Gasteiger partial charge in [-0.1, -0.05) is 12.1 Å². The lowest BCUT2D eigenvalue weighted by Crippen LogP contribution is -2.26. The molecule has 6 heteroatoms. The van der Waals surface area contributed by atoms with E-state index < -0.39 is 31.9 Å². The standard InChI is InChI=1S/C12H15FO4S/c1-12(2,11(14)15)7-8-5-4-6-9(10(8)13)18(3,16)17/h4-6H,7H2,1-3H3,(H,14,15). The summed E-state index contributed by atoms with van der Waals surface area (Å²) in [4.78, 5) is 10.6. The van der Waals surface area contributed by atoms with Crippen molar-refractivity contribution in [3.63, 3.8) is 0 Å². The van der Waals surface area contributed by atoms with Crippen LogP contribution in [0.2, 0.25) is 0 Å². The predicted molar refractivity (Wildman–Crippen MR) is 64.6 cm³/mol. The molecule has 0 saturated heterocycles. The molecule has 0 aliphatic carbocycles. The molecule has 1 rings (SSSR count). The van der Waals surface area contributed by atoms with E-state index in [-0.39, 0.29) is 12.0 Å². The van der Waals surface area contributed by atoms with Crippen LogP contribution in [-0.2, 0) is 21.1 Å². The lowest BCUT2D eigenvalue weighted by molar-refractivity contribution is -0.146. The SMILES string of the molecule is CC(C)(Cc1cccc(S(C)(=O)=O)c1F)C(=O)O. The molecule has 0 radical (unpaired) electrons. The van der Waals surface area contributed by atoms with Gasteiger partial charge in [-0.05, 0) is 31.9 Å². The zero-order valence-electron chi connectivity index (χ0n) is 10.4. The minimum Gasteiger partial charge on any atom is -0.481 e. The third-order valence-corrected chi connectivity index (χ3v) is 3.77. The molecule has 1 N–H and O–H groups in total. The molecule has 0 aliphatic rings. The number of carboxylic acid groups (broad SMARTS) is 1. The van der Waals surface area contributed by atoms with Gasteiger partial charge < -0.3 is 5.11 Å². The molecule has 0 amide bonds. The van der Waals surface area contributed by atoms with Crippen molar-refractivity contribution in [2.24, 2.45) is 5.41 Å². The molecule has 0 spiro atoms. The molecular formula is C12H15FO4S. The monoisotopic (exact) mass is 274 g/mol. The van der Waals surface area contributed by atoms with Crippen molar-refractivity contribution in [2.75, 3.05) is 6.26 Å². The highest BCUT2D eigenvalue weighted by molar-refractivity contribution is 7.90. The molecule has 0 fully saturated rings. The van der Waals surface area contributed by atoms with E-state index >= 15 is 0 Å². The first-order valence-electron chi connectivity index (χ1n) is 5.26. The van der Waals surface area contributed by atoms with Crippen molar-refractivity contribution in [1.82, 2.24) is 0 Å². The molecule has 18 heavy (non-hydrogen) atoms. The molecule has 0 bridgehead atoms. The summed E-state index contributed by atoms with van der Waals surface area (Å²) in [5.41, 5.74) is -1.07. The maximum absolute atomic E-state index is 14.0. The van der Waals surface area contributed by atoms with Gasteiger partial charge in [0, 0.05) is 6.26 Å². The number of rotatable bonds is 4. The highest BCUT2D eigenvalue weighted by Gasteiger charge is 2.29. The molecule has 0 heterocycles. The van der Waals surface area contributed by atoms with Crippen LogP contribution in [0.3, 0.4) is 0 Å². The molecule has 1 aromatic carbocycles. The second kappa shape index (κ2) is 4.68. The van der Waals surface area contributed by atoms with E-state index in [4.69, 9.17) is 5.11 Å². The summed E-state index contributed by atoms with van der Waals surface area (Å²) in [5, 5.41) is 8.98. The number of benzene rings is 1. The largest absolute Gasteiger partial charge is 0.481 e. The molecule has 100 valence electrons. The highest BCUT2D eigenvalue weighted by Crippen LogP contribution is 2.26. The van der Waals surface area contributed by atoms with E-state index in [1.165, 1.54) is 32.0 Å². The van der Waals surface area contributed by atoms with Crippen LogP contribution in [0.15, 0.2) is 23.1 Å². The van der Waals surface area contributed by atoms with Crippen LogP contribution in [0.1, 0.15) is 19.4 Å². The van der Waals surface area contributed by atoms with E-state index in [9.17, 15) is 17.6 Å². The van der Waals surface area contributed by atoms with Gasteiger partial charge in [-0.3, -0.25) is 4.79 Å². The molecular weight excluding hydrogens is 259 g/mol. The number of halogens is 1. The van der Waals surface area contributed by atoms with Crippen LogP contribution < -0.4 is 0 Å². The topological polar surface area (TPSA) is 71.4 Å². The van der Waals surface area contributed by atoms with E-state index in [2.05, 4.69) is 0 Å². The first-order chi connectivity index (χ1) is 8.05. The zero-order valence-corrected chi connectivity index (χ0v) is 11.2. The van der Waals surface area contributed by atoms with Gasteiger partial charge in [-0.2, -0.15) is 0 Å². The van der Waals surface area contributed by atoms with Crippen molar-refractivity contribution >= 4 is 15.8 Å². The van der Waals surface area contributed by atoms with Crippen LogP contribution in [0, 0.1) is 11.2 Å². The minimum atomic E-state index is -3.65. The van der Waals surface area contributed by atoms with Crippen molar-refractivity contribution < 1.29 is 22.7 Å². The number of hydrogen-bond acceptors (Lipinski definition) is 3. The van der Waals surface area contributed by atoms with Crippen molar-refractivity contribution in [2.45, 2.75) is 25.2 Å². The van der Waals surface area contributed by atoms with E-state index in [0.717, 1.165) is 6.26 Å². The number of aliphatic carboxylic acids is 1. The van der Waals surface area contributed by atoms with Crippen LogP contribution in [0.4, 0.5) is 4.39 Å². The molecule has 0 unspecified atom stereocenters. The van der Waals surface area contributed by atoms with Gasteiger partial charge in [0.2, 0.25) is 0 Å². The minimum absolute atomic E-state index is 0.0719. The van der Waals surface area contributed by atoms with E-state index in [0.29, 0.717) is 0 Å². The summed E-state index contributed by atoms with van der Waals surface area (Å²) >= 11 is 0. The molecule has 0 aromatic heterocycles. The Bertz CT molecular complexity index is 576. The Labute approximate surface area is 105 Å². The lowest BCUT2D eigenvalue weighted by Gasteiger charge is -2.19. The van der Waals surface area contributed by atoms with Gasteiger partial charge in [0.1, 0.15) is 10.7 Å². The summed E-state index contributed by atoms with van der Waals surface area (Å²) in [6, 6.07) is 3.98. The number of carboxylic acids is 1. The fraction of sp³-hybridized carbons (Fsp3) is 0.417. The van der Waals surface area contributed by atoms with Crippen LogP contribution >= 0.6 is 0 Å². The van der Waals surface area contributed by atoms with Crippen molar-refractivity contribution in [1.29, 1.82) is 0 Å². The van der Waals surface area contributed by atoms with Crippen LogP contribution in [0.5, 0.6) is 0 Å². The van der Waals surface area contributed by atoms with E-state index in [1.54, 1.807) is 0 Å². The Hall–Kier alpha value is -1.43. The summed E-state index contributed by atoms with van der Waals surface area (Å²) < 4.78 is 36.7. The molecule has 4 nitrogen and oxygen atoms in total. The molecule has 0 aliphatic heterocycles. The van der Waals surface area contributed by atoms with Crippen LogP contribution in [-0.4, -0.2) is 25.7 Å². The number of carbonyl (C=O) groups is 1. The Morgan fingerprint density at radius 1 is 1.39 bits per heavy atom. The zero-order chi connectivity index (χ0) is 14.1.